The topological polar surface area (TPSA) is 24.9 Å². The minimum Gasteiger partial charge on any atom is -0.305 e. The molecular formula is C14H17ClN2S. The van der Waals surface area contributed by atoms with Gasteiger partial charge < -0.3 is 5.32 Å². The maximum atomic E-state index is 6.17. The first kappa shape index (κ1) is 13.5. The van der Waals surface area contributed by atoms with Crippen molar-refractivity contribution in [2.45, 2.75) is 32.4 Å². The molecule has 2 aromatic rings. The minimum atomic E-state index is 0.280. The number of hydrogen-bond acceptors (Lipinski definition) is 3. The van der Waals surface area contributed by atoms with E-state index in [-0.39, 0.29) is 6.04 Å². The monoisotopic (exact) mass is 280 g/mol. The zero-order chi connectivity index (χ0) is 13.0. The average molecular weight is 281 g/mol. The highest BCUT2D eigenvalue weighted by Gasteiger charge is 2.12. The molecule has 1 aromatic heterocycles. The lowest BCUT2D eigenvalue weighted by Crippen LogP contribution is -2.30. The van der Waals surface area contributed by atoms with Gasteiger partial charge in [-0.05, 0) is 31.9 Å². The normalized spacial score (nSPS) is 14.4. The van der Waals surface area contributed by atoms with Crippen LogP contribution in [0.1, 0.15) is 30.5 Å². The third-order valence-corrected chi connectivity index (χ3v) is 4.17. The second kappa shape index (κ2) is 6.32. The highest BCUT2D eigenvalue weighted by molar-refractivity contribution is 7.09. The van der Waals surface area contributed by atoms with Crippen molar-refractivity contribution in [3.63, 3.8) is 0 Å². The highest BCUT2D eigenvalue weighted by Crippen LogP contribution is 2.19. The Morgan fingerprint density at radius 3 is 2.78 bits per heavy atom. The second-order valence-electron chi connectivity index (χ2n) is 4.46. The van der Waals surface area contributed by atoms with E-state index in [9.17, 15) is 0 Å². The van der Waals surface area contributed by atoms with E-state index in [2.05, 4.69) is 30.2 Å². The summed E-state index contributed by atoms with van der Waals surface area (Å²) in [6, 6.07) is 8.65. The second-order valence-corrected chi connectivity index (χ2v) is 5.79. The smallest absolute Gasteiger partial charge is 0.109 e. The van der Waals surface area contributed by atoms with Crippen molar-refractivity contribution in [3.8, 4) is 0 Å². The molecule has 4 heteroatoms. The molecule has 0 saturated heterocycles. The van der Waals surface area contributed by atoms with Gasteiger partial charge in [-0.2, -0.15) is 0 Å². The molecule has 0 radical (unpaired) electrons. The fourth-order valence-electron chi connectivity index (χ4n) is 2.00. The quantitative estimate of drug-likeness (QED) is 0.893. The van der Waals surface area contributed by atoms with Crippen LogP contribution in [0.3, 0.4) is 0 Å². The number of nitrogens with zero attached hydrogens (tertiary/aromatic N) is 1. The molecule has 0 amide bonds. The minimum absolute atomic E-state index is 0.280. The molecule has 2 unspecified atom stereocenters. The van der Waals surface area contributed by atoms with Crippen LogP contribution in [0.4, 0.5) is 0 Å². The predicted octanol–water partition coefficient (Wildman–Crippen LogP) is 4.08. The zero-order valence-corrected chi connectivity index (χ0v) is 12.1. The van der Waals surface area contributed by atoms with Crippen LogP contribution < -0.4 is 5.32 Å². The summed E-state index contributed by atoms with van der Waals surface area (Å²) in [5, 5.41) is 7.52. The van der Waals surface area contributed by atoms with Gasteiger partial charge in [-0.15, -0.1) is 11.3 Å². The predicted molar refractivity (Wildman–Crippen MR) is 78.3 cm³/mol. The zero-order valence-electron chi connectivity index (χ0n) is 10.6. The molecule has 0 spiro atoms. The SMILES string of the molecule is CC(Cc1ccccc1Cl)NC(C)c1nccs1. The third kappa shape index (κ3) is 3.55. The largest absolute Gasteiger partial charge is 0.305 e. The lowest BCUT2D eigenvalue weighted by Gasteiger charge is -2.19. The van der Waals surface area contributed by atoms with Gasteiger partial charge >= 0.3 is 0 Å². The fraction of sp³-hybridized carbons (Fsp3) is 0.357. The summed E-state index contributed by atoms with van der Waals surface area (Å²) in [7, 11) is 0. The van der Waals surface area contributed by atoms with Gasteiger partial charge in [0.1, 0.15) is 5.01 Å². The number of nitrogens with one attached hydrogen (secondary N) is 1. The molecule has 0 aliphatic heterocycles. The summed E-state index contributed by atoms with van der Waals surface area (Å²) in [6.07, 6.45) is 2.77. The molecule has 2 atom stereocenters. The van der Waals surface area contributed by atoms with E-state index in [1.54, 1.807) is 11.3 Å². The molecule has 0 aliphatic rings. The Balaban J connectivity index is 1.93. The molecule has 1 aromatic carbocycles. The van der Waals surface area contributed by atoms with E-state index in [4.69, 9.17) is 11.6 Å². The molecule has 0 saturated carbocycles. The Labute approximate surface area is 117 Å². The van der Waals surface area contributed by atoms with E-state index < -0.39 is 0 Å². The lowest BCUT2D eigenvalue weighted by molar-refractivity contribution is 0.476. The van der Waals surface area contributed by atoms with Crippen molar-refractivity contribution in [1.29, 1.82) is 0 Å². The number of benzene rings is 1. The summed E-state index contributed by atoms with van der Waals surface area (Å²) < 4.78 is 0. The number of halogens is 1. The van der Waals surface area contributed by atoms with Crippen molar-refractivity contribution in [3.05, 3.63) is 51.4 Å². The fourth-order valence-corrected chi connectivity index (χ4v) is 2.87. The van der Waals surface area contributed by atoms with Crippen LogP contribution in [0.25, 0.3) is 0 Å². The molecule has 96 valence electrons. The number of aromatic nitrogens is 1. The summed E-state index contributed by atoms with van der Waals surface area (Å²) in [5.74, 6) is 0. The first-order valence-corrected chi connectivity index (χ1v) is 7.31. The van der Waals surface area contributed by atoms with Gasteiger partial charge in [-0.3, -0.25) is 0 Å². The number of thiazole rings is 1. The van der Waals surface area contributed by atoms with Gasteiger partial charge in [0, 0.05) is 22.6 Å². The van der Waals surface area contributed by atoms with E-state index in [0.717, 1.165) is 16.5 Å². The summed E-state index contributed by atoms with van der Waals surface area (Å²) in [4.78, 5) is 4.32. The van der Waals surface area contributed by atoms with Gasteiger partial charge in [0.25, 0.3) is 0 Å². The summed E-state index contributed by atoms with van der Waals surface area (Å²) >= 11 is 7.85. The van der Waals surface area contributed by atoms with E-state index >= 15 is 0 Å². The average Bonchev–Trinajstić information content (AvgIpc) is 2.85. The van der Waals surface area contributed by atoms with E-state index in [0.29, 0.717) is 6.04 Å². The number of rotatable bonds is 5. The molecule has 0 fully saturated rings. The molecule has 18 heavy (non-hydrogen) atoms. The highest BCUT2D eigenvalue weighted by atomic mass is 35.5. The Hall–Kier alpha value is -0.900. The molecule has 2 nitrogen and oxygen atoms in total. The van der Waals surface area contributed by atoms with Crippen molar-refractivity contribution >= 4 is 22.9 Å². The van der Waals surface area contributed by atoms with Crippen molar-refractivity contribution < 1.29 is 0 Å². The summed E-state index contributed by atoms with van der Waals surface area (Å²) in [5.41, 5.74) is 1.19. The van der Waals surface area contributed by atoms with Gasteiger partial charge in [0.2, 0.25) is 0 Å². The van der Waals surface area contributed by atoms with Gasteiger partial charge in [-0.25, -0.2) is 4.98 Å². The van der Waals surface area contributed by atoms with Gasteiger partial charge in [0.15, 0.2) is 0 Å². The maximum absolute atomic E-state index is 6.17. The standard InChI is InChI=1S/C14H17ClN2S/c1-10(9-12-5-3-4-6-13(12)15)17-11(2)14-16-7-8-18-14/h3-8,10-11,17H,9H2,1-2H3. The lowest BCUT2D eigenvalue weighted by atomic mass is 10.1. The molecule has 1 N–H and O–H groups in total. The Kier molecular flexibility index (Phi) is 4.75. The Morgan fingerprint density at radius 1 is 1.33 bits per heavy atom. The van der Waals surface area contributed by atoms with Crippen molar-refractivity contribution in [2.75, 3.05) is 0 Å². The van der Waals surface area contributed by atoms with Crippen LogP contribution in [0.2, 0.25) is 5.02 Å². The van der Waals surface area contributed by atoms with Crippen LogP contribution in [-0.4, -0.2) is 11.0 Å². The Bertz CT molecular complexity index is 484. The molecule has 0 aliphatic carbocycles. The van der Waals surface area contributed by atoms with Crippen LogP contribution >= 0.6 is 22.9 Å². The first-order valence-electron chi connectivity index (χ1n) is 6.05. The summed E-state index contributed by atoms with van der Waals surface area (Å²) in [6.45, 7) is 4.31. The molecule has 2 rings (SSSR count). The molecular weight excluding hydrogens is 264 g/mol. The van der Waals surface area contributed by atoms with Gasteiger partial charge in [0.05, 0.1) is 6.04 Å². The van der Waals surface area contributed by atoms with Crippen LogP contribution in [0, 0.1) is 0 Å². The molecule has 1 heterocycles. The first-order chi connectivity index (χ1) is 8.66. The number of hydrogen-bond donors (Lipinski definition) is 1. The van der Waals surface area contributed by atoms with Crippen molar-refractivity contribution in [1.82, 2.24) is 10.3 Å². The van der Waals surface area contributed by atoms with Crippen LogP contribution in [0.5, 0.6) is 0 Å². The van der Waals surface area contributed by atoms with Crippen LogP contribution in [-0.2, 0) is 6.42 Å². The van der Waals surface area contributed by atoms with E-state index in [1.807, 2.05) is 29.8 Å². The Morgan fingerprint density at radius 2 is 2.11 bits per heavy atom. The van der Waals surface area contributed by atoms with Crippen LogP contribution in [0.15, 0.2) is 35.8 Å². The van der Waals surface area contributed by atoms with E-state index in [1.165, 1.54) is 5.56 Å². The van der Waals surface area contributed by atoms with Crippen molar-refractivity contribution in [2.24, 2.45) is 0 Å². The maximum Gasteiger partial charge on any atom is 0.109 e. The third-order valence-electron chi connectivity index (χ3n) is 2.84. The molecule has 0 bridgehead atoms. The van der Waals surface area contributed by atoms with Gasteiger partial charge in [-0.1, -0.05) is 29.8 Å².